The molecule has 78 valence electrons. The quantitative estimate of drug-likeness (QED) is 0.772. The van der Waals surface area contributed by atoms with E-state index < -0.39 is 0 Å². The molecule has 0 bridgehead atoms. The van der Waals surface area contributed by atoms with E-state index in [1.165, 1.54) is 12.1 Å². The highest BCUT2D eigenvalue weighted by Crippen LogP contribution is 2.13. The molecule has 0 aliphatic rings. The molecule has 0 aliphatic heterocycles. The molecule has 0 radical (unpaired) electrons. The molecule has 0 aliphatic carbocycles. The maximum absolute atomic E-state index is 12.9. The summed E-state index contributed by atoms with van der Waals surface area (Å²) in [7, 11) is 0. The number of aliphatic hydroxyl groups excluding tert-OH is 1. The third-order valence-electron chi connectivity index (χ3n) is 2.16. The molecule has 0 spiro atoms. The summed E-state index contributed by atoms with van der Waals surface area (Å²) in [6.45, 7) is 3.91. The molecular weight excluding hydrogens is 181 g/mol. The lowest BCUT2D eigenvalue weighted by atomic mass is 10.1. The fraction of sp³-hybridized carbons (Fsp3) is 0.455. The summed E-state index contributed by atoms with van der Waals surface area (Å²) >= 11 is 0. The fourth-order valence-electron chi connectivity index (χ4n) is 1.35. The molecule has 0 heterocycles. The van der Waals surface area contributed by atoms with Crippen molar-refractivity contribution in [1.82, 2.24) is 5.32 Å². The minimum Gasteiger partial charge on any atom is -0.395 e. The molecule has 1 aromatic rings. The predicted molar refractivity (Wildman–Crippen MR) is 54.5 cm³/mol. The Morgan fingerprint density at radius 3 is 2.71 bits per heavy atom. The third-order valence-corrected chi connectivity index (χ3v) is 2.16. The van der Waals surface area contributed by atoms with Crippen molar-refractivity contribution in [3.05, 3.63) is 35.6 Å². The van der Waals surface area contributed by atoms with Crippen LogP contribution in [0.1, 0.15) is 25.5 Å². The van der Waals surface area contributed by atoms with Gasteiger partial charge in [-0.3, -0.25) is 0 Å². The predicted octanol–water partition coefficient (Wildman–Crippen LogP) is 1.86. The van der Waals surface area contributed by atoms with Crippen molar-refractivity contribution in [1.29, 1.82) is 0 Å². The van der Waals surface area contributed by atoms with E-state index in [0.29, 0.717) is 0 Å². The average molecular weight is 197 g/mol. The van der Waals surface area contributed by atoms with E-state index in [4.69, 9.17) is 5.11 Å². The van der Waals surface area contributed by atoms with Gasteiger partial charge in [-0.05, 0) is 31.5 Å². The number of hydrogen-bond acceptors (Lipinski definition) is 2. The minimum absolute atomic E-state index is 0.0215. The summed E-state index contributed by atoms with van der Waals surface area (Å²) in [4.78, 5) is 0. The van der Waals surface area contributed by atoms with E-state index in [0.717, 1.165) is 5.56 Å². The van der Waals surface area contributed by atoms with Crippen LogP contribution in [0.4, 0.5) is 4.39 Å². The SMILES string of the molecule is C[C@H](CO)N[C@@H](C)c1cccc(F)c1. The van der Waals surface area contributed by atoms with E-state index in [2.05, 4.69) is 5.32 Å². The molecule has 2 atom stereocenters. The zero-order valence-corrected chi connectivity index (χ0v) is 8.50. The monoisotopic (exact) mass is 197 g/mol. The van der Waals surface area contributed by atoms with Crippen LogP contribution >= 0.6 is 0 Å². The normalized spacial score (nSPS) is 15.1. The molecule has 0 saturated heterocycles. The van der Waals surface area contributed by atoms with Crippen molar-refractivity contribution in [3.63, 3.8) is 0 Å². The summed E-state index contributed by atoms with van der Waals surface area (Å²) in [5.74, 6) is -0.229. The second-order valence-corrected chi connectivity index (χ2v) is 3.53. The molecule has 14 heavy (non-hydrogen) atoms. The summed E-state index contributed by atoms with van der Waals surface area (Å²) in [5, 5.41) is 12.0. The Bertz CT molecular complexity index is 290. The molecule has 3 heteroatoms. The lowest BCUT2D eigenvalue weighted by Crippen LogP contribution is -2.31. The number of hydrogen-bond donors (Lipinski definition) is 2. The van der Waals surface area contributed by atoms with Gasteiger partial charge in [0.25, 0.3) is 0 Å². The summed E-state index contributed by atoms with van der Waals surface area (Å²) in [6.07, 6.45) is 0. The Balaban J connectivity index is 2.64. The maximum atomic E-state index is 12.9. The van der Waals surface area contributed by atoms with Gasteiger partial charge in [0.1, 0.15) is 5.82 Å². The molecular formula is C11H16FNO. The molecule has 2 nitrogen and oxygen atoms in total. The van der Waals surface area contributed by atoms with E-state index in [9.17, 15) is 4.39 Å². The maximum Gasteiger partial charge on any atom is 0.123 e. The Kier molecular flexibility index (Phi) is 4.04. The fourth-order valence-corrected chi connectivity index (χ4v) is 1.35. The highest BCUT2D eigenvalue weighted by Gasteiger charge is 2.08. The van der Waals surface area contributed by atoms with E-state index in [1.54, 1.807) is 6.07 Å². The van der Waals surface area contributed by atoms with Crippen LogP contribution in [0.5, 0.6) is 0 Å². The Morgan fingerprint density at radius 1 is 1.43 bits per heavy atom. The molecule has 0 unspecified atom stereocenters. The number of benzene rings is 1. The largest absolute Gasteiger partial charge is 0.395 e. The van der Waals surface area contributed by atoms with Crippen LogP contribution in [-0.4, -0.2) is 17.8 Å². The van der Waals surface area contributed by atoms with Crippen LogP contribution in [0.15, 0.2) is 24.3 Å². The molecule has 0 aromatic heterocycles. The summed E-state index contributed by atoms with van der Waals surface area (Å²) in [6, 6.07) is 6.55. The van der Waals surface area contributed by atoms with Crippen LogP contribution in [0.25, 0.3) is 0 Å². The highest BCUT2D eigenvalue weighted by atomic mass is 19.1. The van der Waals surface area contributed by atoms with E-state index >= 15 is 0 Å². The summed E-state index contributed by atoms with van der Waals surface area (Å²) < 4.78 is 12.9. The van der Waals surface area contributed by atoms with Crippen LogP contribution in [0.2, 0.25) is 0 Å². The number of aliphatic hydroxyl groups is 1. The van der Waals surface area contributed by atoms with Gasteiger partial charge < -0.3 is 10.4 Å². The lowest BCUT2D eigenvalue weighted by molar-refractivity contribution is 0.243. The van der Waals surface area contributed by atoms with Crippen molar-refractivity contribution in [2.24, 2.45) is 0 Å². The number of halogens is 1. The molecule has 2 N–H and O–H groups in total. The topological polar surface area (TPSA) is 32.3 Å². The van der Waals surface area contributed by atoms with Gasteiger partial charge in [0.15, 0.2) is 0 Å². The van der Waals surface area contributed by atoms with Gasteiger partial charge in [-0.2, -0.15) is 0 Å². The third kappa shape index (κ3) is 3.09. The van der Waals surface area contributed by atoms with Gasteiger partial charge >= 0.3 is 0 Å². The second-order valence-electron chi connectivity index (χ2n) is 3.53. The van der Waals surface area contributed by atoms with Gasteiger partial charge in [0, 0.05) is 12.1 Å². The second kappa shape index (κ2) is 5.08. The Hall–Kier alpha value is -0.930. The van der Waals surface area contributed by atoms with E-state index in [-0.39, 0.29) is 24.5 Å². The zero-order valence-electron chi connectivity index (χ0n) is 8.50. The molecule has 1 aromatic carbocycles. The summed E-state index contributed by atoms with van der Waals surface area (Å²) in [5.41, 5.74) is 0.894. The average Bonchev–Trinajstić information content (AvgIpc) is 2.17. The van der Waals surface area contributed by atoms with Crippen molar-refractivity contribution in [2.45, 2.75) is 25.9 Å². The highest BCUT2D eigenvalue weighted by molar-refractivity contribution is 5.19. The minimum atomic E-state index is -0.229. The van der Waals surface area contributed by atoms with Crippen LogP contribution < -0.4 is 5.32 Å². The zero-order chi connectivity index (χ0) is 10.6. The van der Waals surface area contributed by atoms with Gasteiger partial charge in [0.2, 0.25) is 0 Å². The lowest BCUT2D eigenvalue weighted by Gasteiger charge is -2.18. The van der Waals surface area contributed by atoms with Crippen molar-refractivity contribution < 1.29 is 9.50 Å². The standard InChI is InChI=1S/C11H16FNO/c1-8(7-14)13-9(2)10-4-3-5-11(12)6-10/h3-6,8-9,13-14H,7H2,1-2H3/t8-,9+/m1/s1. The van der Waals surface area contributed by atoms with Crippen molar-refractivity contribution >= 4 is 0 Å². The first kappa shape index (κ1) is 11.1. The van der Waals surface area contributed by atoms with E-state index in [1.807, 2.05) is 19.9 Å². The van der Waals surface area contributed by atoms with Crippen molar-refractivity contribution in [3.8, 4) is 0 Å². The molecule has 0 saturated carbocycles. The first-order valence-corrected chi connectivity index (χ1v) is 4.76. The van der Waals surface area contributed by atoms with Crippen LogP contribution in [-0.2, 0) is 0 Å². The van der Waals surface area contributed by atoms with Gasteiger partial charge in [0.05, 0.1) is 6.61 Å². The van der Waals surface area contributed by atoms with Gasteiger partial charge in [-0.25, -0.2) is 4.39 Å². The number of rotatable bonds is 4. The molecule has 0 amide bonds. The smallest absolute Gasteiger partial charge is 0.123 e. The molecule has 0 fully saturated rings. The first-order valence-electron chi connectivity index (χ1n) is 4.76. The number of nitrogens with one attached hydrogen (secondary N) is 1. The van der Waals surface area contributed by atoms with Gasteiger partial charge in [-0.1, -0.05) is 12.1 Å². The van der Waals surface area contributed by atoms with Crippen LogP contribution in [0.3, 0.4) is 0 Å². The van der Waals surface area contributed by atoms with Crippen molar-refractivity contribution in [2.75, 3.05) is 6.61 Å². The van der Waals surface area contributed by atoms with Gasteiger partial charge in [-0.15, -0.1) is 0 Å². The van der Waals surface area contributed by atoms with Crippen LogP contribution in [0, 0.1) is 5.82 Å². The first-order chi connectivity index (χ1) is 6.63. The Labute approximate surface area is 83.8 Å². The molecule has 1 rings (SSSR count). The Morgan fingerprint density at radius 2 is 2.14 bits per heavy atom.